The van der Waals surface area contributed by atoms with E-state index in [1.807, 2.05) is 32.0 Å². The van der Waals surface area contributed by atoms with E-state index in [2.05, 4.69) is 4.98 Å². The number of hydrogen-bond acceptors (Lipinski definition) is 6. The first kappa shape index (κ1) is 24.3. The van der Waals surface area contributed by atoms with Gasteiger partial charge < -0.3 is 9.84 Å². The number of halogens is 2. The van der Waals surface area contributed by atoms with E-state index in [4.69, 9.17) is 27.9 Å². The van der Waals surface area contributed by atoms with Crippen LogP contribution in [0.3, 0.4) is 0 Å². The summed E-state index contributed by atoms with van der Waals surface area (Å²) in [6.45, 7) is 4.26. The normalized spacial score (nSPS) is 17.2. The Kier molecular flexibility index (Phi) is 6.47. The number of fused-ring (bicyclic) bond motifs is 1. The quantitative estimate of drug-likeness (QED) is 0.169. The Morgan fingerprint density at radius 3 is 2.64 bits per heavy atom. The van der Waals surface area contributed by atoms with Crippen LogP contribution in [0.4, 0.5) is 5.13 Å². The summed E-state index contributed by atoms with van der Waals surface area (Å²) in [5.41, 5.74) is 2.56. The van der Waals surface area contributed by atoms with Gasteiger partial charge in [0.15, 0.2) is 5.13 Å². The Labute approximate surface area is 221 Å². The van der Waals surface area contributed by atoms with Crippen LogP contribution in [0.5, 0.6) is 5.75 Å². The number of aromatic nitrogens is 1. The molecule has 0 bridgehead atoms. The molecule has 182 valence electrons. The minimum atomic E-state index is -0.961. The number of benzene rings is 3. The average Bonchev–Trinajstić information content (AvgIpc) is 3.38. The molecule has 6 nitrogen and oxygen atoms in total. The zero-order valence-electron chi connectivity index (χ0n) is 19.3. The van der Waals surface area contributed by atoms with Gasteiger partial charge in [0.1, 0.15) is 11.5 Å². The molecule has 0 saturated carbocycles. The molecule has 36 heavy (non-hydrogen) atoms. The monoisotopic (exact) mass is 538 g/mol. The average molecular weight is 539 g/mol. The van der Waals surface area contributed by atoms with Gasteiger partial charge in [-0.3, -0.25) is 14.5 Å². The van der Waals surface area contributed by atoms with E-state index in [1.165, 1.54) is 16.2 Å². The van der Waals surface area contributed by atoms with Crippen molar-refractivity contribution in [2.24, 2.45) is 0 Å². The Morgan fingerprint density at radius 2 is 1.89 bits per heavy atom. The molecule has 1 aliphatic rings. The number of aliphatic hydroxyl groups excluding tert-OH is 1. The highest BCUT2D eigenvalue weighted by molar-refractivity contribution is 7.22. The van der Waals surface area contributed by atoms with Gasteiger partial charge in [0.05, 0.1) is 38.5 Å². The molecule has 1 aromatic heterocycles. The van der Waals surface area contributed by atoms with Crippen molar-refractivity contribution < 1.29 is 19.4 Å². The summed E-state index contributed by atoms with van der Waals surface area (Å²) < 4.78 is 6.42. The highest BCUT2D eigenvalue weighted by atomic mass is 35.5. The highest BCUT2D eigenvalue weighted by Gasteiger charge is 2.48. The summed E-state index contributed by atoms with van der Waals surface area (Å²) in [6, 6.07) is 16.4. The van der Waals surface area contributed by atoms with Crippen LogP contribution in [0.2, 0.25) is 10.0 Å². The molecule has 3 aromatic carbocycles. The predicted molar refractivity (Wildman–Crippen MR) is 143 cm³/mol. The number of carbonyl (C=O) groups is 2. The summed E-state index contributed by atoms with van der Waals surface area (Å²) >= 11 is 13.8. The molecule has 1 unspecified atom stereocenters. The number of ketones is 1. The van der Waals surface area contributed by atoms with Crippen LogP contribution in [0.15, 0.2) is 66.2 Å². The largest absolute Gasteiger partial charge is 0.507 e. The molecular formula is C27H20Cl2N2O4S. The summed E-state index contributed by atoms with van der Waals surface area (Å²) in [5, 5.41) is 12.3. The van der Waals surface area contributed by atoms with Crippen molar-refractivity contribution in [1.82, 2.24) is 4.98 Å². The number of nitrogens with zero attached hydrogens (tertiary/aromatic N) is 2. The Morgan fingerprint density at radius 1 is 1.08 bits per heavy atom. The number of aryl methyl sites for hydroxylation is 1. The number of ether oxygens (including phenoxy) is 1. The Balaban J connectivity index is 1.73. The maximum Gasteiger partial charge on any atom is 0.301 e. The maximum atomic E-state index is 13.4. The number of thiazole rings is 1. The van der Waals surface area contributed by atoms with E-state index in [0.29, 0.717) is 39.2 Å². The second-order valence-electron chi connectivity index (χ2n) is 8.27. The molecule has 4 aromatic rings. The van der Waals surface area contributed by atoms with E-state index in [-0.39, 0.29) is 16.4 Å². The smallest absolute Gasteiger partial charge is 0.301 e. The van der Waals surface area contributed by atoms with Crippen molar-refractivity contribution in [2.45, 2.75) is 19.9 Å². The number of amides is 1. The lowest BCUT2D eigenvalue weighted by Gasteiger charge is -2.23. The van der Waals surface area contributed by atoms with Crippen LogP contribution < -0.4 is 9.64 Å². The van der Waals surface area contributed by atoms with Crippen LogP contribution >= 0.6 is 34.5 Å². The third kappa shape index (κ3) is 4.23. The third-order valence-corrected chi connectivity index (χ3v) is 7.62. The van der Waals surface area contributed by atoms with Crippen LogP contribution in [-0.2, 0) is 9.59 Å². The molecule has 1 amide bonds. The van der Waals surface area contributed by atoms with Crippen molar-refractivity contribution in [2.75, 3.05) is 11.5 Å². The van der Waals surface area contributed by atoms with E-state index in [0.717, 1.165) is 10.3 Å². The second kappa shape index (κ2) is 9.58. The minimum Gasteiger partial charge on any atom is -0.507 e. The molecule has 1 N–H and O–H groups in total. The molecule has 1 fully saturated rings. The molecule has 1 saturated heterocycles. The zero-order valence-corrected chi connectivity index (χ0v) is 21.6. The molecule has 0 aliphatic carbocycles. The van der Waals surface area contributed by atoms with Gasteiger partial charge in [0.25, 0.3) is 5.78 Å². The second-order valence-corrected chi connectivity index (χ2v) is 10.1. The molecule has 1 atom stereocenters. The Bertz CT molecular complexity index is 1560. The first-order valence-corrected chi connectivity index (χ1v) is 12.7. The van der Waals surface area contributed by atoms with Crippen molar-refractivity contribution >= 4 is 67.3 Å². The van der Waals surface area contributed by atoms with E-state index < -0.39 is 17.7 Å². The van der Waals surface area contributed by atoms with E-state index >= 15 is 0 Å². The fourth-order valence-electron chi connectivity index (χ4n) is 4.21. The highest BCUT2D eigenvalue weighted by Crippen LogP contribution is 2.45. The maximum absolute atomic E-state index is 13.4. The van der Waals surface area contributed by atoms with Crippen molar-refractivity contribution in [1.29, 1.82) is 0 Å². The predicted octanol–water partition coefficient (Wildman–Crippen LogP) is 6.94. The first-order chi connectivity index (χ1) is 17.3. The van der Waals surface area contributed by atoms with Gasteiger partial charge in [-0.1, -0.05) is 58.8 Å². The number of Topliss-reactive ketones (excluding diaryl/α,β-unsaturated/α-hetero) is 1. The minimum absolute atomic E-state index is 0.0672. The van der Waals surface area contributed by atoms with Gasteiger partial charge in [-0.2, -0.15) is 0 Å². The molecule has 0 radical (unpaired) electrons. The van der Waals surface area contributed by atoms with Crippen molar-refractivity contribution in [3.63, 3.8) is 0 Å². The lowest BCUT2D eigenvalue weighted by molar-refractivity contribution is -0.132. The van der Waals surface area contributed by atoms with E-state index in [9.17, 15) is 14.7 Å². The van der Waals surface area contributed by atoms with Gasteiger partial charge in [-0.15, -0.1) is 0 Å². The standard InChI is InChI=1S/C27H20Cl2N2O4S/c1-3-35-17-6-4-5-16(12-17)24(32)22-23(15-8-9-18(28)19(29)13-15)31(26(34)25(22)33)27-30-20-10-7-14(2)11-21(20)36-27/h4-13,23,32H,3H2,1-2H3/b24-22+. The fourth-order valence-corrected chi connectivity index (χ4v) is 5.60. The van der Waals surface area contributed by atoms with Gasteiger partial charge in [0, 0.05) is 5.56 Å². The number of anilines is 1. The molecule has 1 aliphatic heterocycles. The number of hydrogen-bond donors (Lipinski definition) is 1. The molecule has 2 heterocycles. The Hall–Kier alpha value is -3.39. The topological polar surface area (TPSA) is 79.7 Å². The number of rotatable bonds is 5. The first-order valence-electron chi connectivity index (χ1n) is 11.1. The molecular weight excluding hydrogens is 519 g/mol. The lowest BCUT2D eigenvalue weighted by Crippen LogP contribution is -2.29. The molecule has 5 rings (SSSR count). The van der Waals surface area contributed by atoms with Crippen LogP contribution in [0.1, 0.15) is 29.7 Å². The van der Waals surface area contributed by atoms with Gasteiger partial charge >= 0.3 is 5.91 Å². The van der Waals surface area contributed by atoms with Gasteiger partial charge in [0.2, 0.25) is 0 Å². The number of aliphatic hydroxyl groups is 1. The van der Waals surface area contributed by atoms with Gasteiger partial charge in [-0.05, 0) is 61.4 Å². The fraction of sp³-hybridized carbons (Fsp3) is 0.148. The SMILES string of the molecule is CCOc1cccc(/C(O)=C2\C(=O)C(=O)N(c3nc4ccc(C)cc4s3)C2c2ccc(Cl)c(Cl)c2)c1. The lowest BCUT2D eigenvalue weighted by atomic mass is 9.95. The molecule has 0 spiro atoms. The van der Waals surface area contributed by atoms with Crippen molar-refractivity contribution in [3.05, 3.63) is 93.0 Å². The van der Waals surface area contributed by atoms with Crippen LogP contribution in [-0.4, -0.2) is 28.4 Å². The van der Waals surface area contributed by atoms with Crippen molar-refractivity contribution in [3.8, 4) is 5.75 Å². The van der Waals surface area contributed by atoms with Crippen LogP contribution in [0, 0.1) is 6.92 Å². The van der Waals surface area contributed by atoms with Gasteiger partial charge in [-0.25, -0.2) is 4.98 Å². The summed E-state index contributed by atoms with van der Waals surface area (Å²) in [4.78, 5) is 32.8. The number of carbonyl (C=O) groups excluding carboxylic acids is 2. The zero-order chi connectivity index (χ0) is 25.6. The molecule has 9 heteroatoms. The third-order valence-electron chi connectivity index (χ3n) is 5.86. The summed E-state index contributed by atoms with van der Waals surface area (Å²) in [5.74, 6) is -1.39. The summed E-state index contributed by atoms with van der Waals surface area (Å²) in [7, 11) is 0. The van der Waals surface area contributed by atoms with Crippen LogP contribution in [0.25, 0.3) is 16.0 Å². The summed E-state index contributed by atoms with van der Waals surface area (Å²) in [6.07, 6.45) is 0. The van der Waals surface area contributed by atoms with E-state index in [1.54, 1.807) is 42.5 Å².